The Balaban J connectivity index is 1.51. The Hall–Kier alpha value is -4.32. The molecule has 6 heteroatoms. The van der Waals surface area contributed by atoms with E-state index in [1.165, 1.54) is 0 Å². The predicted molar refractivity (Wildman–Crippen MR) is 117 cm³/mol. The first-order valence-corrected chi connectivity index (χ1v) is 9.50. The minimum atomic E-state index is -0.237. The summed E-state index contributed by atoms with van der Waals surface area (Å²) in [5, 5.41) is 10.9. The molecular weight excluding hydrogens is 374 g/mol. The van der Waals surface area contributed by atoms with Crippen LogP contribution in [0.5, 0.6) is 0 Å². The first kappa shape index (κ1) is 17.8. The van der Waals surface area contributed by atoms with Crippen molar-refractivity contribution in [3.05, 3.63) is 96.8 Å². The molecule has 5 rings (SSSR count). The number of fused-ring (bicyclic) bond motifs is 1. The molecule has 2 N–H and O–H groups in total. The van der Waals surface area contributed by atoms with Gasteiger partial charge in [0.05, 0.1) is 22.5 Å². The predicted octanol–water partition coefficient (Wildman–Crippen LogP) is 4.94. The number of anilines is 1. The summed E-state index contributed by atoms with van der Waals surface area (Å²) < 4.78 is 0. The Morgan fingerprint density at radius 1 is 0.833 bits per heavy atom. The Kier molecular flexibility index (Phi) is 4.50. The molecule has 0 radical (unpaired) electrons. The van der Waals surface area contributed by atoms with Gasteiger partial charge in [0.25, 0.3) is 5.91 Å². The van der Waals surface area contributed by atoms with Crippen molar-refractivity contribution in [2.45, 2.75) is 0 Å². The van der Waals surface area contributed by atoms with Crippen molar-refractivity contribution >= 4 is 22.6 Å². The molecule has 0 aliphatic carbocycles. The molecule has 0 saturated heterocycles. The van der Waals surface area contributed by atoms with Crippen molar-refractivity contribution in [3.8, 4) is 22.5 Å². The summed E-state index contributed by atoms with van der Waals surface area (Å²) in [6.07, 6.45) is 3.42. The fourth-order valence-corrected chi connectivity index (χ4v) is 3.37. The Labute approximate surface area is 172 Å². The van der Waals surface area contributed by atoms with Crippen LogP contribution in [0.4, 0.5) is 5.82 Å². The van der Waals surface area contributed by atoms with Gasteiger partial charge in [0.15, 0.2) is 5.82 Å². The van der Waals surface area contributed by atoms with Gasteiger partial charge in [-0.1, -0.05) is 48.5 Å². The molecule has 1 amide bonds. The van der Waals surface area contributed by atoms with E-state index in [0.29, 0.717) is 11.4 Å². The standard InChI is InChI=1S/C24H17N5O/c30-24(27-23-15-22(28-29-23)17-10-12-25-13-11-17)19-14-21(16-6-2-1-3-7-16)26-20-9-5-4-8-18(19)20/h1-15H,(H2,27,28,29,30). The van der Waals surface area contributed by atoms with Crippen LogP contribution in [0.1, 0.15) is 10.4 Å². The maximum atomic E-state index is 13.2. The zero-order valence-corrected chi connectivity index (χ0v) is 15.9. The van der Waals surface area contributed by atoms with Crippen LogP contribution in [0, 0.1) is 0 Å². The van der Waals surface area contributed by atoms with Crippen molar-refractivity contribution in [2.75, 3.05) is 5.32 Å². The molecule has 0 fully saturated rings. The smallest absolute Gasteiger partial charge is 0.257 e. The number of nitrogens with zero attached hydrogens (tertiary/aromatic N) is 3. The Bertz CT molecular complexity index is 1330. The average Bonchev–Trinajstić information content (AvgIpc) is 3.28. The number of rotatable bonds is 4. The lowest BCUT2D eigenvalue weighted by atomic mass is 10.0. The molecule has 2 aromatic carbocycles. The molecule has 0 aliphatic heterocycles. The Morgan fingerprint density at radius 2 is 1.60 bits per heavy atom. The van der Waals surface area contributed by atoms with Gasteiger partial charge in [0, 0.05) is 35.0 Å². The molecule has 3 heterocycles. The second-order valence-corrected chi connectivity index (χ2v) is 6.80. The first-order valence-electron chi connectivity index (χ1n) is 9.50. The third-order valence-corrected chi connectivity index (χ3v) is 4.84. The lowest BCUT2D eigenvalue weighted by Crippen LogP contribution is -2.13. The molecule has 0 unspecified atom stereocenters. The highest BCUT2D eigenvalue weighted by molar-refractivity contribution is 6.12. The van der Waals surface area contributed by atoms with Crippen LogP contribution >= 0.6 is 0 Å². The highest BCUT2D eigenvalue weighted by atomic mass is 16.1. The number of aromatic nitrogens is 4. The number of hydrogen-bond acceptors (Lipinski definition) is 4. The molecule has 6 nitrogen and oxygen atoms in total. The molecule has 144 valence electrons. The minimum absolute atomic E-state index is 0.237. The normalized spacial score (nSPS) is 10.8. The number of nitrogens with one attached hydrogen (secondary N) is 2. The van der Waals surface area contributed by atoms with Gasteiger partial charge in [0.2, 0.25) is 0 Å². The van der Waals surface area contributed by atoms with Crippen LogP contribution in [0.25, 0.3) is 33.4 Å². The number of H-pyrrole nitrogens is 1. The molecule has 0 saturated carbocycles. The second-order valence-electron chi connectivity index (χ2n) is 6.80. The van der Waals surface area contributed by atoms with Crippen LogP contribution < -0.4 is 5.32 Å². The SMILES string of the molecule is O=C(Nc1cc(-c2ccncc2)[nH]n1)c1cc(-c2ccccc2)nc2ccccc12. The van der Waals surface area contributed by atoms with Gasteiger partial charge < -0.3 is 5.32 Å². The molecule has 0 spiro atoms. The zero-order valence-electron chi connectivity index (χ0n) is 15.9. The summed E-state index contributed by atoms with van der Waals surface area (Å²) in [4.78, 5) is 21.9. The van der Waals surface area contributed by atoms with E-state index in [9.17, 15) is 4.79 Å². The largest absolute Gasteiger partial charge is 0.305 e. The van der Waals surface area contributed by atoms with Gasteiger partial charge in [-0.15, -0.1) is 0 Å². The Morgan fingerprint density at radius 3 is 2.43 bits per heavy atom. The van der Waals surface area contributed by atoms with Crippen molar-refractivity contribution in [1.29, 1.82) is 0 Å². The highest BCUT2D eigenvalue weighted by Crippen LogP contribution is 2.26. The summed E-state index contributed by atoms with van der Waals surface area (Å²) in [7, 11) is 0. The van der Waals surface area contributed by atoms with Crippen LogP contribution in [-0.2, 0) is 0 Å². The summed E-state index contributed by atoms with van der Waals surface area (Å²) in [5.41, 5.74) is 4.77. The fraction of sp³-hybridized carbons (Fsp3) is 0. The van der Waals surface area contributed by atoms with Gasteiger partial charge in [-0.05, 0) is 24.3 Å². The second kappa shape index (κ2) is 7.60. The topological polar surface area (TPSA) is 83.6 Å². The maximum Gasteiger partial charge on any atom is 0.257 e. The molecule has 0 atom stereocenters. The minimum Gasteiger partial charge on any atom is -0.305 e. The van der Waals surface area contributed by atoms with Gasteiger partial charge in [0.1, 0.15) is 0 Å². The maximum absolute atomic E-state index is 13.2. The highest BCUT2D eigenvalue weighted by Gasteiger charge is 2.15. The van der Waals surface area contributed by atoms with Crippen molar-refractivity contribution in [3.63, 3.8) is 0 Å². The number of pyridine rings is 2. The quantitative estimate of drug-likeness (QED) is 0.455. The van der Waals surface area contributed by atoms with Crippen molar-refractivity contribution < 1.29 is 4.79 Å². The van der Waals surface area contributed by atoms with E-state index in [1.54, 1.807) is 18.5 Å². The van der Waals surface area contributed by atoms with Crippen LogP contribution in [0.15, 0.2) is 91.3 Å². The molecule has 5 aromatic rings. The monoisotopic (exact) mass is 391 g/mol. The van der Waals surface area contributed by atoms with Gasteiger partial charge >= 0.3 is 0 Å². The van der Waals surface area contributed by atoms with E-state index in [2.05, 4.69) is 20.5 Å². The summed E-state index contributed by atoms with van der Waals surface area (Å²) in [6, 6.07) is 24.8. The van der Waals surface area contributed by atoms with E-state index in [-0.39, 0.29) is 5.91 Å². The van der Waals surface area contributed by atoms with Crippen LogP contribution in [0.3, 0.4) is 0 Å². The number of hydrogen-bond donors (Lipinski definition) is 2. The fourth-order valence-electron chi connectivity index (χ4n) is 3.37. The van der Waals surface area contributed by atoms with Crippen LogP contribution in [0.2, 0.25) is 0 Å². The number of amides is 1. The van der Waals surface area contributed by atoms with Gasteiger partial charge in [-0.3, -0.25) is 14.9 Å². The number of carbonyl (C=O) groups is 1. The number of aromatic amines is 1. The average molecular weight is 391 g/mol. The number of benzene rings is 2. The third-order valence-electron chi connectivity index (χ3n) is 4.84. The lowest BCUT2D eigenvalue weighted by Gasteiger charge is -2.09. The third kappa shape index (κ3) is 3.42. The summed E-state index contributed by atoms with van der Waals surface area (Å²) in [6.45, 7) is 0. The number of carbonyl (C=O) groups excluding carboxylic acids is 1. The van der Waals surface area contributed by atoms with E-state index >= 15 is 0 Å². The van der Waals surface area contributed by atoms with Gasteiger partial charge in [-0.2, -0.15) is 5.10 Å². The molecule has 30 heavy (non-hydrogen) atoms. The molecule has 3 aromatic heterocycles. The number of para-hydroxylation sites is 1. The molecule has 0 aliphatic rings. The summed E-state index contributed by atoms with van der Waals surface area (Å²) in [5.74, 6) is 0.215. The van der Waals surface area contributed by atoms with Gasteiger partial charge in [-0.25, -0.2) is 4.98 Å². The zero-order chi connectivity index (χ0) is 20.3. The lowest BCUT2D eigenvalue weighted by molar-refractivity contribution is 0.102. The van der Waals surface area contributed by atoms with Crippen molar-refractivity contribution in [1.82, 2.24) is 20.2 Å². The molecule has 0 bridgehead atoms. The van der Waals surface area contributed by atoms with E-state index < -0.39 is 0 Å². The molecular formula is C24H17N5O. The van der Waals surface area contributed by atoms with E-state index in [0.717, 1.165) is 33.4 Å². The van der Waals surface area contributed by atoms with Crippen molar-refractivity contribution in [2.24, 2.45) is 0 Å². The van der Waals surface area contributed by atoms with E-state index in [4.69, 9.17) is 4.98 Å². The first-order chi connectivity index (χ1) is 14.8. The van der Waals surface area contributed by atoms with Crippen LogP contribution in [-0.4, -0.2) is 26.1 Å². The summed E-state index contributed by atoms with van der Waals surface area (Å²) >= 11 is 0. The van der Waals surface area contributed by atoms with E-state index in [1.807, 2.05) is 72.8 Å².